The molecular weight excluding hydrogens is 234 g/mol. The van der Waals surface area contributed by atoms with Crippen LogP contribution in [0.15, 0.2) is 0 Å². The van der Waals surface area contributed by atoms with E-state index in [0.717, 1.165) is 12.8 Å². The van der Waals surface area contributed by atoms with Crippen LogP contribution in [0.1, 0.15) is 39.5 Å². The molecule has 0 radical (unpaired) electrons. The summed E-state index contributed by atoms with van der Waals surface area (Å²) in [5.74, 6) is -0.335. The van der Waals surface area contributed by atoms with Crippen molar-refractivity contribution in [1.29, 1.82) is 0 Å². The SMILES string of the molecule is CCOC(=O)CCN(CCC(=O)OCC)C1CC1. The molecule has 0 aromatic heterocycles. The van der Waals surface area contributed by atoms with E-state index < -0.39 is 0 Å². The number of carbonyl (C=O) groups is 2. The van der Waals surface area contributed by atoms with Gasteiger partial charge in [0.15, 0.2) is 0 Å². The summed E-state index contributed by atoms with van der Waals surface area (Å²) in [5.41, 5.74) is 0. The summed E-state index contributed by atoms with van der Waals surface area (Å²) >= 11 is 0. The lowest BCUT2D eigenvalue weighted by Gasteiger charge is -2.20. The van der Waals surface area contributed by atoms with Gasteiger partial charge in [0.1, 0.15) is 0 Å². The van der Waals surface area contributed by atoms with Crippen molar-refractivity contribution >= 4 is 11.9 Å². The van der Waals surface area contributed by atoms with Gasteiger partial charge in [-0.05, 0) is 26.7 Å². The third kappa shape index (κ3) is 6.00. The van der Waals surface area contributed by atoms with E-state index in [1.165, 1.54) is 0 Å². The highest BCUT2D eigenvalue weighted by atomic mass is 16.5. The average Bonchev–Trinajstić information content (AvgIpc) is 3.14. The van der Waals surface area contributed by atoms with E-state index in [2.05, 4.69) is 4.90 Å². The molecule has 0 aliphatic heterocycles. The van der Waals surface area contributed by atoms with Gasteiger partial charge in [0.2, 0.25) is 0 Å². The van der Waals surface area contributed by atoms with Gasteiger partial charge in [0, 0.05) is 19.1 Å². The number of hydrogen-bond donors (Lipinski definition) is 0. The molecule has 5 heteroatoms. The Morgan fingerprint density at radius 3 is 1.78 bits per heavy atom. The minimum absolute atomic E-state index is 0.167. The maximum absolute atomic E-state index is 11.3. The number of ether oxygens (including phenoxy) is 2. The molecule has 0 aromatic rings. The van der Waals surface area contributed by atoms with Crippen molar-refractivity contribution in [2.75, 3.05) is 26.3 Å². The summed E-state index contributed by atoms with van der Waals surface area (Å²) in [6, 6.07) is 0.536. The zero-order valence-corrected chi connectivity index (χ0v) is 11.3. The van der Waals surface area contributed by atoms with Crippen LogP contribution in [0, 0.1) is 0 Å². The Hall–Kier alpha value is -1.10. The first-order valence-corrected chi connectivity index (χ1v) is 6.72. The highest BCUT2D eigenvalue weighted by molar-refractivity contribution is 5.70. The maximum atomic E-state index is 11.3. The van der Waals surface area contributed by atoms with Crippen LogP contribution in [0.3, 0.4) is 0 Å². The molecule has 0 spiro atoms. The fourth-order valence-electron chi connectivity index (χ4n) is 1.85. The molecule has 0 amide bonds. The maximum Gasteiger partial charge on any atom is 0.307 e. The Morgan fingerprint density at radius 2 is 1.44 bits per heavy atom. The number of nitrogens with zero attached hydrogens (tertiary/aromatic N) is 1. The first kappa shape index (κ1) is 15.0. The van der Waals surface area contributed by atoms with E-state index in [0.29, 0.717) is 45.2 Å². The standard InChI is InChI=1S/C13H23NO4/c1-3-17-12(15)7-9-14(11-5-6-11)10-8-13(16)18-4-2/h11H,3-10H2,1-2H3. The van der Waals surface area contributed by atoms with E-state index >= 15 is 0 Å². The van der Waals surface area contributed by atoms with Crippen molar-refractivity contribution < 1.29 is 19.1 Å². The van der Waals surface area contributed by atoms with Crippen molar-refractivity contribution in [3.05, 3.63) is 0 Å². The van der Waals surface area contributed by atoms with Crippen molar-refractivity contribution in [2.45, 2.75) is 45.6 Å². The van der Waals surface area contributed by atoms with Crippen LogP contribution in [-0.4, -0.2) is 49.2 Å². The molecular formula is C13H23NO4. The van der Waals surface area contributed by atoms with E-state index in [1.807, 2.05) is 0 Å². The van der Waals surface area contributed by atoms with Crippen molar-refractivity contribution in [3.8, 4) is 0 Å². The number of hydrogen-bond acceptors (Lipinski definition) is 5. The van der Waals surface area contributed by atoms with Crippen LogP contribution in [0.25, 0.3) is 0 Å². The van der Waals surface area contributed by atoms with Gasteiger partial charge >= 0.3 is 11.9 Å². The van der Waals surface area contributed by atoms with Crippen LogP contribution in [-0.2, 0) is 19.1 Å². The quantitative estimate of drug-likeness (QED) is 0.584. The Bertz CT molecular complexity index is 254. The molecule has 0 unspecified atom stereocenters. The Balaban J connectivity index is 2.23. The molecule has 1 fully saturated rings. The van der Waals surface area contributed by atoms with E-state index in [9.17, 15) is 9.59 Å². The molecule has 5 nitrogen and oxygen atoms in total. The lowest BCUT2D eigenvalue weighted by atomic mass is 10.3. The van der Waals surface area contributed by atoms with Crippen LogP contribution in [0.2, 0.25) is 0 Å². The molecule has 0 heterocycles. The monoisotopic (exact) mass is 257 g/mol. The fourth-order valence-corrected chi connectivity index (χ4v) is 1.85. The van der Waals surface area contributed by atoms with Gasteiger partial charge in [-0.3, -0.25) is 14.5 Å². The highest BCUT2D eigenvalue weighted by Gasteiger charge is 2.29. The molecule has 0 N–H and O–H groups in total. The van der Waals surface area contributed by atoms with Crippen molar-refractivity contribution in [3.63, 3.8) is 0 Å². The smallest absolute Gasteiger partial charge is 0.307 e. The summed E-state index contributed by atoms with van der Waals surface area (Å²) in [6.07, 6.45) is 3.11. The molecule has 1 saturated carbocycles. The van der Waals surface area contributed by atoms with Gasteiger partial charge in [-0.15, -0.1) is 0 Å². The molecule has 18 heavy (non-hydrogen) atoms. The normalized spacial score (nSPS) is 14.6. The molecule has 0 atom stereocenters. The Kier molecular flexibility index (Phi) is 6.72. The third-order valence-electron chi connectivity index (χ3n) is 2.88. The van der Waals surface area contributed by atoms with Gasteiger partial charge in [0.05, 0.1) is 26.1 Å². The Labute approximate surface area is 108 Å². The summed E-state index contributed by atoms with van der Waals surface area (Å²) in [6.45, 7) is 5.79. The van der Waals surface area contributed by atoms with Crippen LogP contribution >= 0.6 is 0 Å². The zero-order valence-electron chi connectivity index (χ0n) is 11.3. The first-order valence-electron chi connectivity index (χ1n) is 6.72. The fraction of sp³-hybridized carbons (Fsp3) is 0.846. The van der Waals surface area contributed by atoms with Gasteiger partial charge in [-0.25, -0.2) is 0 Å². The molecule has 104 valence electrons. The number of carbonyl (C=O) groups excluding carboxylic acids is 2. The van der Waals surface area contributed by atoms with Gasteiger partial charge < -0.3 is 9.47 Å². The Morgan fingerprint density at radius 1 is 1.00 bits per heavy atom. The third-order valence-corrected chi connectivity index (χ3v) is 2.88. The first-order chi connectivity index (χ1) is 8.67. The van der Waals surface area contributed by atoms with Gasteiger partial charge in [0.25, 0.3) is 0 Å². The molecule has 1 aliphatic rings. The molecule has 1 rings (SSSR count). The minimum atomic E-state index is -0.167. The summed E-state index contributed by atoms with van der Waals surface area (Å²) in [7, 11) is 0. The second-order valence-corrected chi connectivity index (χ2v) is 4.38. The van der Waals surface area contributed by atoms with Crippen LogP contribution < -0.4 is 0 Å². The largest absolute Gasteiger partial charge is 0.466 e. The topological polar surface area (TPSA) is 55.8 Å². The predicted molar refractivity (Wildman–Crippen MR) is 67.1 cm³/mol. The molecule has 0 saturated heterocycles. The lowest BCUT2D eigenvalue weighted by molar-refractivity contribution is -0.143. The molecule has 1 aliphatic carbocycles. The summed E-state index contributed by atoms with van der Waals surface area (Å²) in [4.78, 5) is 24.8. The highest BCUT2D eigenvalue weighted by Crippen LogP contribution is 2.27. The lowest BCUT2D eigenvalue weighted by Crippen LogP contribution is -2.31. The van der Waals surface area contributed by atoms with Gasteiger partial charge in [-0.1, -0.05) is 0 Å². The second kappa shape index (κ2) is 8.08. The summed E-state index contributed by atoms with van der Waals surface area (Å²) < 4.78 is 9.80. The van der Waals surface area contributed by atoms with Gasteiger partial charge in [-0.2, -0.15) is 0 Å². The van der Waals surface area contributed by atoms with Crippen molar-refractivity contribution in [2.24, 2.45) is 0 Å². The van der Waals surface area contributed by atoms with Crippen LogP contribution in [0.4, 0.5) is 0 Å². The van der Waals surface area contributed by atoms with Crippen LogP contribution in [0.5, 0.6) is 0 Å². The van der Waals surface area contributed by atoms with E-state index in [4.69, 9.17) is 9.47 Å². The second-order valence-electron chi connectivity index (χ2n) is 4.38. The van der Waals surface area contributed by atoms with Crippen molar-refractivity contribution in [1.82, 2.24) is 4.90 Å². The molecule has 0 bridgehead atoms. The zero-order chi connectivity index (χ0) is 13.4. The number of rotatable bonds is 9. The summed E-state index contributed by atoms with van der Waals surface area (Å²) in [5, 5.41) is 0. The average molecular weight is 257 g/mol. The molecule has 0 aromatic carbocycles. The van der Waals surface area contributed by atoms with E-state index in [1.54, 1.807) is 13.8 Å². The minimum Gasteiger partial charge on any atom is -0.466 e. The number of esters is 2. The van der Waals surface area contributed by atoms with E-state index in [-0.39, 0.29) is 11.9 Å². The predicted octanol–water partition coefficient (Wildman–Crippen LogP) is 1.36.